The second kappa shape index (κ2) is 8.94. The zero-order chi connectivity index (χ0) is 23.8. The zero-order valence-electron chi connectivity index (χ0n) is 18.8. The molecule has 0 atom stereocenters. The minimum atomic E-state index is -3.74. The van der Waals surface area contributed by atoms with Crippen molar-refractivity contribution in [1.82, 2.24) is 9.88 Å². The van der Waals surface area contributed by atoms with E-state index in [9.17, 15) is 17.6 Å². The van der Waals surface area contributed by atoms with E-state index in [2.05, 4.69) is 4.98 Å². The molecule has 0 fully saturated rings. The van der Waals surface area contributed by atoms with Crippen LogP contribution in [0.1, 0.15) is 34.1 Å². The standard InChI is InChI=1S/C25H25FN2O4S/c1-4-20-21(8-10-23(24(20)26)33(3,30)31)25(29)28-11-12-32-22-9-7-17(13-19(22)15-28)18-6-5-16(2)27-14-18/h5-10,13-14H,4,11-12,15H2,1-3H3. The largest absolute Gasteiger partial charge is 0.491 e. The number of nitrogens with zero attached hydrogens (tertiary/aromatic N) is 2. The molecule has 1 aromatic heterocycles. The van der Waals surface area contributed by atoms with E-state index in [4.69, 9.17) is 4.74 Å². The molecule has 0 aliphatic carbocycles. The number of aryl methyl sites for hydroxylation is 1. The van der Waals surface area contributed by atoms with E-state index in [0.717, 1.165) is 28.6 Å². The second-order valence-corrected chi connectivity index (χ2v) is 10.1. The van der Waals surface area contributed by atoms with Gasteiger partial charge in [-0.3, -0.25) is 9.78 Å². The van der Waals surface area contributed by atoms with Gasteiger partial charge in [0.2, 0.25) is 0 Å². The fraction of sp³-hybridized carbons (Fsp3) is 0.280. The normalized spacial score (nSPS) is 13.8. The molecule has 172 valence electrons. The summed E-state index contributed by atoms with van der Waals surface area (Å²) < 4.78 is 44.6. The number of sulfone groups is 1. The molecule has 0 spiro atoms. The Labute approximate surface area is 193 Å². The second-order valence-electron chi connectivity index (χ2n) is 8.12. The van der Waals surface area contributed by atoms with Crippen LogP contribution in [0.25, 0.3) is 11.1 Å². The highest BCUT2D eigenvalue weighted by atomic mass is 32.2. The highest BCUT2D eigenvalue weighted by Gasteiger charge is 2.27. The quantitative estimate of drug-likeness (QED) is 0.574. The lowest BCUT2D eigenvalue weighted by Gasteiger charge is -2.22. The molecule has 0 bridgehead atoms. The molecule has 0 N–H and O–H groups in total. The Morgan fingerprint density at radius 3 is 2.58 bits per heavy atom. The Morgan fingerprint density at radius 2 is 1.91 bits per heavy atom. The van der Waals surface area contributed by atoms with Gasteiger partial charge in [-0.25, -0.2) is 12.8 Å². The van der Waals surface area contributed by atoms with E-state index < -0.39 is 20.5 Å². The van der Waals surface area contributed by atoms with Gasteiger partial charge in [-0.2, -0.15) is 0 Å². The maximum atomic E-state index is 15.0. The molecular formula is C25H25FN2O4S. The first-order valence-corrected chi connectivity index (χ1v) is 12.6. The van der Waals surface area contributed by atoms with Crippen molar-refractivity contribution in [2.45, 2.75) is 31.7 Å². The van der Waals surface area contributed by atoms with Crippen LogP contribution in [0.15, 0.2) is 53.6 Å². The van der Waals surface area contributed by atoms with E-state index in [1.807, 2.05) is 37.3 Å². The van der Waals surface area contributed by atoms with Crippen LogP contribution in [-0.4, -0.2) is 43.6 Å². The van der Waals surface area contributed by atoms with Crippen LogP contribution >= 0.6 is 0 Å². The van der Waals surface area contributed by atoms with Crippen LogP contribution in [0.4, 0.5) is 4.39 Å². The number of hydrogen-bond acceptors (Lipinski definition) is 5. The predicted octanol–water partition coefficient (Wildman–Crippen LogP) is 4.20. The number of pyridine rings is 1. The van der Waals surface area contributed by atoms with Gasteiger partial charge in [-0.15, -0.1) is 0 Å². The molecule has 1 aliphatic heterocycles. The molecule has 0 unspecified atom stereocenters. The zero-order valence-corrected chi connectivity index (χ0v) is 19.6. The third-order valence-electron chi connectivity index (χ3n) is 5.76. The minimum absolute atomic E-state index is 0.104. The van der Waals surface area contributed by atoms with E-state index in [1.165, 1.54) is 12.1 Å². The summed E-state index contributed by atoms with van der Waals surface area (Å²) in [6.45, 7) is 4.54. The summed E-state index contributed by atoms with van der Waals surface area (Å²) in [6, 6.07) is 12.3. The number of halogens is 1. The summed E-state index contributed by atoms with van der Waals surface area (Å²) in [5.41, 5.74) is 3.95. The lowest BCUT2D eigenvalue weighted by atomic mass is 10.0. The third-order valence-corrected chi connectivity index (χ3v) is 6.88. The van der Waals surface area contributed by atoms with E-state index in [1.54, 1.807) is 18.0 Å². The first-order valence-electron chi connectivity index (χ1n) is 10.7. The molecule has 0 radical (unpaired) electrons. The first kappa shape index (κ1) is 22.9. The number of fused-ring (bicyclic) bond motifs is 1. The number of ether oxygens (including phenoxy) is 1. The van der Waals surface area contributed by atoms with Gasteiger partial charge in [-0.05, 0) is 49.2 Å². The molecule has 4 rings (SSSR count). The average molecular weight is 469 g/mol. The third kappa shape index (κ3) is 4.61. The maximum Gasteiger partial charge on any atom is 0.254 e. The highest BCUT2D eigenvalue weighted by molar-refractivity contribution is 7.90. The number of amides is 1. The van der Waals surface area contributed by atoms with Crippen molar-refractivity contribution in [1.29, 1.82) is 0 Å². The molecular weight excluding hydrogens is 443 g/mol. The Balaban J connectivity index is 1.68. The first-order chi connectivity index (χ1) is 15.7. The summed E-state index contributed by atoms with van der Waals surface area (Å²) in [4.78, 5) is 19.0. The van der Waals surface area contributed by atoms with Crippen LogP contribution in [0.3, 0.4) is 0 Å². The van der Waals surface area contributed by atoms with Gasteiger partial charge in [0.05, 0.1) is 6.54 Å². The Hall–Kier alpha value is -3.26. The van der Waals surface area contributed by atoms with Gasteiger partial charge in [0.25, 0.3) is 5.91 Å². The fourth-order valence-corrected chi connectivity index (χ4v) is 4.75. The van der Waals surface area contributed by atoms with E-state index in [-0.39, 0.29) is 23.5 Å². The van der Waals surface area contributed by atoms with Crippen molar-refractivity contribution in [2.24, 2.45) is 0 Å². The van der Waals surface area contributed by atoms with E-state index >= 15 is 0 Å². The summed E-state index contributed by atoms with van der Waals surface area (Å²) >= 11 is 0. The molecule has 0 saturated heterocycles. The molecule has 3 aromatic rings. The van der Waals surface area contributed by atoms with Crippen molar-refractivity contribution in [3.05, 3.63) is 76.9 Å². The topological polar surface area (TPSA) is 76.6 Å². The number of hydrogen-bond donors (Lipinski definition) is 0. The van der Waals surface area contributed by atoms with Crippen LogP contribution in [-0.2, 0) is 22.8 Å². The highest BCUT2D eigenvalue weighted by Crippen LogP contribution is 2.30. The summed E-state index contributed by atoms with van der Waals surface area (Å²) in [5, 5.41) is 0. The number of rotatable bonds is 4. The molecule has 2 heterocycles. The Bertz CT molecular complexity index is 1320. The molecule has 2 aromatic carbocycles. The molecule has 1 aliphatic rings. The molecule has 1 amide bonds. The summed E-state index contributed by atoms with van der Waals surface area (Å²) in [5.74, 6) is -0.514. The smallest absolute Gasteiger partial charge is 0.254 e. The molecule has 33 heavy (non-hydrogen) atoms. The number of benzene rings is 2. The Morgan fingerprint density at radius 1 is 1.15 bits per heavy atom. The fourth-order valence-electron chi connectivity index (χ4n) is 3.99. The van der Waals surface area contributed by atoms with Gasteiger partial charge in [0.1, 0.15) is 23.1 Å². The van der Waals surface area contributed by atoms with Gasteiger partial charge in [0.15, 0.2) is 9.84 Å². The van der Waals surface area contributed by atoms with Gasteiger partial charge in [-0.1, -0.05) is 19.1 Å². The summed E-state index contributed by atoms with van der Waals surface area (Å²) in [6.07, 6.45) is 2.95. The van der Waals surface area contributed by atoms with Crippen molar-refractivity contribution in [3.8, 4) is 16.9 Å². The number of carbonyl (C=O) groups excluding carboxylic acids is 1. The van der Waals surface area contributed by atoms with Crippen molar-refractivity contribution in [3.63, 3.8) is 0 Å². The summed E-state index contributed by atoms with van der Waals surface area (Å²) in [7, 11) is -3.74. The van der Waals surface area contributed by atoms with Crippen molar-refractivity contribution in [2.75, 3.05) is 19.4 Å². The molecule has 8 heteroatoms. The van der Waals surface area contributed by atoms with Crippen LogP contribution in [0.2, 0.25) is 0 Å². The maximum absolute atomic E-state index is 15.0. The monoisotopic (exact) mass is 468 g/mol. The lowest BCUT2D eigenvalue weighted by molar-refractivity contribution is 0.0731. The number of aromatic nitrogens is 1. The Kier molecular flexibility index (Phi) is 6.21. The lowest BCUT2D eigenvalue weighted by Crippen LogP contribution is -2.33. The van der Waals surface area contributed by atoms with Crippen LogP contribution in [0, 0.1) is 12.7 Å². The van der Waals surface area contributed by atoms with Crippen molar-refractivity contribution >= 4 is 15.7 Å². The van der Waals surface area contributed by atoms with Crippen LogP contribution < -0.4 is 4.74 Å². The average Bonchev–Trinajstić information content (AvgIpc) is 3.00. The molecule has 0 saturated carbocycles. The predicted molar refractivity (Wildman–Crippen MR) is 124 cm³/mol. The van der Waals surface area contributed by atoms with Gasteiger partial charge < -0.3 is 9.64 Å². The van der Waals surface area contributed by atoms with Gasteiger partial charge >= 0.3 is 0 Å². The van der Waals surface area contributed by atoms with Gasteiger partial charge in [0, 0.05) is 46.9 Å². The van der Waals surface area contributed by atoms with E-state index in [0.29, 0.717) is 25.4 Å². The van der Waals surface area contributed by atoms with Crippen molar-refractivity contribution < 1.29 is 22.3 Å². The number of carbonyl (C=O) groups is 1. The SMILES string of the molecule is CCc1c(C(=O)N2CCOc3ccc(-c4ccc(C)nc4)cc3C2)ccc(S(C)(=O)=O)c1F. The minimum Gasteiger partial charge on any atom is -0.491 e. The van der Waals surface area contributed by atoms with Crippen LogP contribution in [0.5, 0.6) is 5.75 Å². The molecule has 6 nitrogen and oxygen atoms in total.